The largest absolute Gasteiger partial charge is 0.300 e. The Morgan fingerprint density at radius 3 is 2.67 bits per heavy atom. The van der Waals surface area contributed by atoms with Crippen LogP contribution in [0.2, 0.25) is 0 Å². The summed E-state index contributed by atoms with van der Waals surface area (Å²) in [5.41, 5.74) is -0.0180. The zero-order valence-corrected chi connectivity index (χ0v) is 11.1. The number of nitrogens with zero attached hydrogens (tertiary/aromatic N) is 2. The van der Waals surface area contributed by atoms with E-state index < -0.39 is 15.8 Å². The molecular formula is C11H14FN3O2S. The van der Waals surface area contributed by atoms with E-state index in [1.807, 2.05) is 13.8 Å². The van der Waals surface area contributed by atoms with E-state index in [0.717, 1.165) is 0 Å². The van der Waals surface area contributed by atoms with Crippen LogP contribution in [-0.4, -0.2) is 24.9 Å². The summed E-state index contributed by atoms with van der Waals surface area (Å²) in [6.45, 7) is 3.74. The van der Waals surface area contributed by atoms with Gasteiger partial charge in [0.15, 0.2) is 5.03 Å². The van der Waals surface area contributed by atoms with Crippen LogP contribution in [0.3, 0.4) is 0 Å². The van der Waals surface area contributed by atoms with Crippen molar-refractivity contribution in [2.24, 2.45) is 0 Å². The Labute approximate surface area is 105 Å². The third kappa shape index (κ3) is 1.89. The lowest BCUT2D eigenvalue weighted by atomic mass is 10.2. The highest BCUT2D eigenvalue weighted by atomic mass is 32.2. The molecule has 0 aliphatic heterocycles. The number of sulfonamides is 1. The molecule has 0 atom stereocenters. The van der Waals surface area contributed by atoms with Gasteiger partial charge in [-0.15, -0.1) is 0 Å². The van der Waals surface area contributed by atoms with Crippen molar-refractivity contribution < 1.29 is 12.8 Å². The molecule has 18 heavy (non-hydrogen) atoms. The van der Waals surface area contributed by atoms with Gasteiger partial charge in [0.2, 0.25) is 0 Å². The van der Waals surface area contributed by atoms with Gasteiger partial charge >= 0.3 is 0 Å². The molecule has 2 rings (SSSR count). The van der Waals surface area contributed by atoms with Gasteiger partial charge in [-0.3, -0.25) is 4.40 Å². The van der Waals surface area contributed by atoms with Gasteiger partial charge in [0.05, 0.1) is 0 Å². The summed E-state index contributed by atoms with van der Waals surface area (Å²) >= 11 is 0. The maximum absolute atomic E-state index is 13.8. The van der Waals surface area contributed by atoms with E-state index in [2.05, 4.69) is 9.71 Å². The molecule has 0 aromatic carbocycles. The molecule has 2 aromatic rings. The van der Waals surface area contributed by atoms with Crippen molar-refractivity contribution in [1.29, 1.82) is 0 Å². The lowest BCUT2D eigenvalue weighted by Crippen LogP contribution is -2.19. The minimum absolute atomic E-state index is 0.0138. The Balaban J connectivity index is 2.91. The van der Waals surface area contributed by atoms with E-state index >= 15 is 0 Å². The summed E-state index contributed by atoms with van der Waals surface area (Å²) in [6.07, 6.45) is 1.61. The van der Waals surface area contributed by atoms with Crippen LogP contribution < -0.4 is 4.72 Å². The number of imidazole rings is 1. The Morgan fingerprint density at radius 2 is 2.11 bits per heavy atom. The van der Waals surface area contributed by atoms with Gasteiger partial charge in [-0.1, -0.05) is 13.8 Å². The van der Waals surface area contributed by atoms with E-state index in [0.29, 0.717) is 5.82 Å². The first kappa shape index (κ1) is 13.0. The highest BCUT2D eigenvalue weighted by Crippen LogP contribution is 2.24. The molecule has 0 bridgehead atoms. The first-order valence-electron chi connectivity index (χ1n) is 5.48. The number of hydrogen-bond donors (Lipinski definition) is 1. The number of nitrogens with one attached hydrogen (secondary N) is 1. The van der Waals surface area contributed by atoms with Crippen LogP contribution in [-0.2, 0) is 10.0 Å². The van der Waals surface area contributed by atoms with Gasteiger partial charge in [-0.2, -0.15) is 0 Å². The van der Waals surface area contributed by atoms with E-state index in [1.165, 1.54) is 23.6 Å². The fraction of sp³-hybridized carbons (Fsp3) is 0.364. The van der Waals surface area contributed by atoms with E-state index in [4.69, 9.17) is 0 Å². The second-order valence-electron chi connectivity index (χ2n) is 4.21. The molecule has 5 nitrogen and oxygen atoms in total. The standard InChI is InChI=1S/C11H14FN3O2S/c1-7(2)10-14-11(18(16,17)13-3)9-8(12)5-4-6-15(9)10/h4-7,13H,1-3H3. The summed E-state index contributed by atoms with van der Waals surface area (Å²) in [4.78, 5) is 4.06. The molecule has 0 fully saturated rings. The van der Waals surface area contributed by atoms with Crippen molar-refractivity contribution in [1.82, 2.24) is 14.1 Å². The molecule has 0 aliphatic carbocycles. The number of hydrogen-bond acceptors (Lipinski definition) is 3. The molecular weight excluding hydrogens is 257 g/mol. The van der Waals surface area contributed by atoms with Crippen molar-refractivity contribution in [2.45, 2.75) is 24.8 Å². The van der Waals surface area contributed by atoms with Gasteiger partial charge in [0.25, 0.3) is 10.0 Å². The van der Waals surface area contributed by atoms with Crippen LogP contribution in [0.1, 0.15) is 25.6 Å². The topological polar surface area (TPSA) is 63.5 Å². The quantitative estimate of drug-likeness (QED) is 0.920. The van der Waals surface area contributed by atoms with E-state index in [1.54, 1.807) is 6.20 Å². The number of halogens is 1. The smallest absolute Gasteiger partial charge is 0.260 e. The van der Waals surface area contributed by atoms with Crippen LogP contribution in [0, 0.1) is 5.82 Å². The highest BCUT2D eigenvalue weighted by molar-refractivity contribution is 7.89. The maximum Gasteiger partial charge on any atom is 0.260 e. The molecule has 0 saturated carbocycles. The van der Waals surface area contributed by atoms with Gasteiger partial charge in [0.1, 0.15) is 17.2 Å². The normalized spacial score (nSPS) is 12.5. The zero-order valence-electron chi connectivity index (χ0n) is 10.3. The van der Waals surface area contributed by atoms with Gasteiger partial charge in [-0.05, 0) is 19.2 Å². The molecule has 1 N–H and O–H groups in total. The van der Waals surface area contributed by atoms with Gasteiger partial charge in [-0.25, -0.2) is 22.5 Å². The number of pyridine rings is 1. The van der Waals surface area contributed by atoms with Crippen molar-refractivity contribution in [3.8, 4) is 0 Å². The first-order valence-corrected chi connectivity index (χ1v) is 6.97. The minimum atomic E-state index is -3.78. The number of aromatic nitrogens is 2. The molecule has 0 unspecified atom stereocenters. The van der Waals surface area contributed by atoms with Crippen LogP contribution in [0.5, 0.6) is 0 Å². The average Bonchev–Trinajstić information content (AvgIpc) is 2.70. The van der Waals surface area contributed by atoms with Crippen LogP contribution in [0.15, 0.2) is 23.4 Å². The second-order valence-corrected chi connectivity index (χ2v) is 6.01. The van der Waals surface area contributed by atoms with Crippen molar-refractivity contribution in [3.05, 3.63) is 30.0 Å². The Bertz CT molecular complexity index is 692. The summed E-state index contributed by atoms with van der Waals surface area (Å²) in [5, 5.41) is -0.271. The van der Waals surface area contributed by atoms with Crippen LogP contribution in [0.4, 0.5) is 4.39 Å². The molecule has 0 radical (unpaired) electrons. The lowest BCUT2D eigenvalue weighted by molar-refractivity contribution is 0.583. The van der Waals surface area contributed by atoms with Crippen LogP contribution in [0.25, 0.3) is 5.52 Å². The van der Waals surface area contributed by atoms with Gasteiger partial charge in [0, 0.05) is 12.1 Å². The molecule has 0 saturated heterocycles. The monoisotopic (exact) mass is 271 g/mol. The first-order chi connectivity index (χ1) is 8.38. The third-order valence-corrected chi connectivity index (χ3v) is 3.98. The fourth-order valence-corrected chi connectivity index (χ4v) is 2.64. The van der Waals surface area contributed by atoms with Crippen molar-refractivity contribution in [3.63, 3.8) is 0 Å². The summed E-state index contributed by atoms with van der Waals surface area (Å²) < 4.78 is 41.2. The number of fused-ring (bicyclic) bond motifs is 1. The second kappa shape index (κ2) is 4.33. The van der Waals surface area contributed by atoms with Crippen LogP contribution >= 0.6 is 0 Å². The number of rotatable bonds is 3. The molecule has 98 valence electrons. The molecule has 2 heterocycles. The lowest BCUT2D eigenvalue weighted by Gasteiger charge is -2.03. The maximum atomic E-state index is 13.8. The Hall–Kier alpha value is -1.47. The fourth-order valence-electron chi connectivity index (χ4n) is 1.78. The molecule has 0 aliphatic rings. The minimum Gasteiger partial charge on any atom is -0.300 e. The zero-order chi connectivity index (χ0) is 13.5. The van der Waals surface area contributed by atoms with Crippen molar-refractivity contribution >= 4 is 15.5 Å². The Morgan fingerprint density at radius 1 is 1.44 bits per heavy atom. The molecule has 2 aromatic heterocycles. The predicted octanol–water partition coefficient (Wildman–Crippen LogP) is 1.50. The summed E-state index contributed by atoms with van der Waals surface area (Å²) in [6, 6.07) is 2.74. The summed E-state index contributed by atoms with van der Waals surface area (Å²) in [5.74, 6) is -0.107. The Kier molecular flexibility index (Phi) is 3.12. The van der Waals surface area contributed by atoms with E-state index in [-0.39, 0.29) is 16.5 Å². The third-order valence-electron chi connectivity index (χ3n) is 2.65. The molecule has 7 heteroatoms. The SMILES string of the molecule is CNS(=O)(=O)c1nc(C(C)C)n2cccc(F)c12. The van der Waals surface area contributed by atoms with E-state index in [9.17, 15) is 12.8 Å². The molecule has 0 amide bonds. The molecule has 0 spiro atoms. The van der Waals surface area contributed by atoms with Gasteiger partial charge < -0.3 is 0 Å². The summed E-state index contributed by atoms with van der Waals surface area (Å²) in [7, 11) is -2.51. The average molecular weight is 271 g/mol. The highest BCUT2D eigenvalue weighted by Gasteiger charge is 2.25. The van der Waals surface area contributed by atoms with Crippen molar-refractivity contribution in [2.75, 3.05) is 7.05 Å². The predicted molar refractivity (Wildman–Crippen MR) is 65.5 cm³/mol.